The Labute approximate surface area is 344 Å². The van der Waals surface area contributed by atoms with Crippen molar-refractivity contribution in [3.63, 3.8) is 0 Å². The summed E-state index contributed by atoms with van der Waals surface area (Å²) in [7, 11) is 0. The molecule has 2 N–H and O–H groups in total. The molecule has 7 aromatic carbocycles. The molecule has 0 atom stereocenters. The maximum absolute atomic E-state index is 11.2. The van der Waals surface area contributed by atoms with Crippen LogP contribution >= 0.6 is 0 Å². The number of nitrogens with zero attached hydrogens (tertiary/aromatic N) is 3. The molecule has 5 heteroatoms. The van der Waals surface area contributed by atoms with Crippen LogP contribution in [0.3, 0.4) is 0 Å². The van der Waals surface area contributed by atoms with Gasteiger partial charge in [0.2, 0.25) is 0 Å². The molecule has 0 spiro atoms. The van der Waals surface area contributed by atoms with E-state index < -0.39 is 0 Å². The zero-order chi connectivity index (χ0) is 40.6. The standard InChI is InChI=1S/C54H46N4O/c1-53(2,3)36-26-27-45-42(29-36)43-30-37(54(4,5)6)31-44(49(43)55-45)52-57-50-40(46-32-41(34-18-11-8-12-19-34)39-22-15-25-48(59)51(39)56-46)23-14-24-47(50)58(52)38-21-13-20-35(28-38)33-16-9-7-10-17-33/h7-32,55,59H,1-6H3. The number of fused-ring (bicyclic) bond motifs is 5. The first-order valence-electron chi connectivity index (χ1n) is 20.4. The van der Waals surface area contributed by atoms with Crippen LogP contribution < -0.4 is 0 Å². The second-order valence-electron chi connectivity index (χ2n) is 17.8. The van der Waals surface area contributed by atoms with Gasteiger partial charge in [-0.3, -0.25) is 4.57 Å². The number of benzene rings is 7. The van der Waals surface area contributed by atoms with Crippen molar-refractivity contribution in [3.8, 4) is 56.3 Å². The molecule has 0 bridgehead atoms. The maximum Gasteiger partial charge on any atom is 0.147 e. The Morgan fingerprint density at radius 3 is 1.92 bits per heavy atom. The number of aromatic hydroxyl groups is 1. The first-order chi connectivity index (χ1) is 28.4. The number of H-pyrrole nitrogens is 1. The van der Waals surface area contributed by atoms with Crippen molar-refractivity contribution in [1.82, 2.24) is 19.5 Å². The van der Waals surface area contributed by atoms with E-state index in [0.29, 0.717) is 5.52 Å². The molecule has 0 aliphatic heterocycles. The third kappa shape index (κ3) is 6.25. The van der Waals surface area contributed by atoms with Gasteiger partial charge in [-0.1, -0.05) is 145 Å². The molecule has 0 radical (unpaired) electrons. The van der Waals surface area contributed by atoms with Crippen LogP contribution in [-0.4, -0.2) is 24.6 Å². The number of phenolic OH excluding ortho intramolecular Hbond substituents is 1. The molecule has 0 fully saturated rings. The summed E-state index contributed by atoms with van der Waals surface area (Å²) in [5.74, 6) is 0.982. The molecule has 3 aromatic heterocycles. The predicted molar refractivity (Wildman–Crippen MR) is 247 cm³/mol. The van der Waals surface area contributed by atoms with Gasteiger partial charge in [-0.2, -0.15) is 0 Å². The molecule has 0 amide bonds. The Bertz CT molecular complexity index is 3230. The number of rotatable bonds is 5. The van der Waals surface area contributed by atoms with Crippen LogP contribution in [0.25, 0.3) is 94.3 Å². The minimum atomic E-state index is -0.131. The molecule has 3 heterocycles. The molecule has 288 valence electrons. The van der Waals surface area contributed by atoms with E-state index in [-0.39, 0.29) is 16.6 Å². The summed E-state index contributed by atoms with van der Waals surface area (Å²) in [5.41, 5.74) is 14.9. The van der Waals surface area contributed by atoms with E-state index in [9.17, 15) is 5.11 Å². The highest BCUT2D eigenvalue weighted by Gasteiger charge is 2.26. The number of phenols is 1. The fourth-order valence-electron chi connectivity index (χ4n) is 8.51. The molecule has 0 saturated heterocycles. The first kappa shape index (κ1) is 36.4. The van der Waals surface area contributed by atoms with E-state index in [2.05, 4.69) is 172 Å². The zero-order valence-corrected chi connectivity index (χ0v) is 34.3. The van der Waals surface area contributed by atoms with Crippen molar-refractivity contribution in [2.75, 3.05) is 0 Å². The maximum atomic E-state index is 11.2. The van der Waals surface area contributed by atoms with Crippen LogP contribution in [0.5, 0.6) is 5.75 Å². The van der Waals surface area contributed by atoms with E-state index in [1.165, 1.54) is 21.9 Å². The lowest BCUT2D eigenvalue weighted by atomic mass is 9.84. The second-order valence-corrected chi connectivity index (χ2v) is 17.8. The number of pyridine rings is 1. The van der Waals surface area contributed by atoms with Crippen LogP contribution in [-0.2, 0) is 10.8 Å². The molecule has 0 saturated carbocycles. The highest BCUT2D eigenvalue weighted by atomic mass is 16.3. The number of aromatic amines is 1. The van der Waals surface area contributed by atoms with Crippen molar-refractivity contribution in [2.45, 2.75) is 52.4 Å². The summed E-state index contributed by atoms with van der Waals surface area (Å²) >= 11 is 0. The minimum absolute atomic E-state index is 0.00433. The van der Waals surface area contributed by atoms with E-state index in [4.69, 9.17) is 9.97 Å². The molecule has 0 aliphatic carbocycles. The average Bonchev–Trinajstić information content (AvgIpc) is 3.82. The smallest absolute Gasteiger partial charge is 0.147 e. The molecular formula is C54H46N4O. The third-order valence-electron chi connectivity index (χ3n) is 11.8. The quantitative estimate of drug-likeness (QED) is 0.183. The lowest BCUT2D eigenvalue weighted by Crippen LogP contribution is -2.11. The van der Waals surface area contributed by atoms with Crippen LogP contribution in [0.2, 0.25) is 0 Å². The highest BCUT2D eigenvalue weighted by molar-refractivity contribution is 6.13. The van der Waals surface area contributed by atoms with E-state index in [1.807, 2.05) is 30.3 Å². The van der Waals surface area contributed by atoms with Crippen molar-refractivity contribution in [3.05, 3.63) is 169 Å². The van der Waals surface area contributed by atoms with E-state index in [1.54, 1.807) is 6.07 Å². The van der Waals surface area contributed by atoms with Gasteiger partial charge in [-0.25, -0.2) is 9.97 Å². The normalized spacial score (nSPS) is 12.3. The van der Waals surface area contributed by atoms with Crippen LogP contribution in [0.4, 0.5) is 0 Å². The number of para-hydroxylation sites is 2. The summed E-state index contributed by atoms with van der Waals surface area (Å²) in [5, 5.41) is 14.5. The van der Waals surface area contributed by atoms with Gasteiger partial charge in [0.05, 0.1) is 22.2 Å². The summed E-state index contributed by atoms with van der Waals surface area (Å²) in [6.45, 7) is 13.7. The molecule has 5 nitrogen and oxygen atoms in total. The fraction of sp³-hybridized carbons (Fsp3) is 0.148. The molecule has 0 aliphatic rings. The Morgan fingerprint density at radius 1 is 0.492 bits per heavy atom. The van der Waals surface area contributed by atoms with Gasteiger partial charge in [-0.05, 0) is 98.8 Å². The minimum Gasteiger partial charge on any atom is -0.506 e. The Morgan fingerprint density at radius 2 is 1.17 bits per heavy atom. The van der Waals surface area contributed by atoms with E-state index >= 15 is 0 Å². The van der Waals surface area contributed by atoms with Gasteiger partial charge in [0.25, 0.3) is 0 Å². The van der Waals surface area contributed by atoms with Crippen molar-refractivity contribution in [1.29, 1.82) is 0 Å². The van der Waals surface area contributed by atoms with Crippen molar-refractivity contribution >= 4 is 43.7 Å². The number of aromatic nitrogens is 4. The van der Waals surface area contributed by atoms with Gasteiger partial charge in [0.1, 0.15) is 17.1 Å². The van der Waals surface area contributed by atoms with Gasteiger partial charge in [0.15, 0.2) is 0 Å². The molecule has 0 unspecified atom stereocenters. The Balaban J connectivity index is 1.31. The van der Waals surface area contributed by atoms with Crippen LogP contribution in [0.15, 0.2) is 158 Å². The third-order valence-corrected chi connectivity index (χ3v) is 11.8. The number of hydrogen-bond donors (Lipinski definition) is 2. The Kier molecular flexibility index (Phi) is 8.36. The largest absolute Gasteiger partial charge is 0.506 e. The molecule has 59 heavy (non-hydrogen) atoms. The van der Waals surface area contributed by atoms with Gasteiger partial charge < -0.3 is 10.1 Å². The van der Waals surface area contributed by atoms with Crippen molar-refractivity contribution < 1.29 is 5.11 Å². The lowest BCUT2D eigenvalue weighted by molar-refractivity contribution is 0.480. The lowest BCUT2D eigenvalue weighted by Gasteiger charge is -2.21. The Hall–Kier alpha value is -6.98. The number of hydrogen-bond acceptors (Lipinski definition) is 3. The van der Waals surface area contributed by atoms with Gasteiger partial charge >= 0.3 is 0 Å². The summed E-state index contributed by atoms with van der Waals surface area (Å²) in [4.78, 5) is 14.7. The summed E-state index contributed by atoms with van der Waals surface area (Å²) in [6.07, 6.45) is 0. The number of imidazole rings is 1. The topological polar surface area (TPSA) is 66.7 Å². The molecule has 10 rings (SSSR count). The van der Waals surface area contributed by atoms with Gasteiger partial charge in [-0.15, -0.1) is 0 Å². The SMILES string of the molecule is CC(C)(C)c1ccc2[nH]c3c(-c4nc5c(-c6cc(-c7ccccc7)c7cccc(O)c7n6)cccc5n4-c4cccc(-c5ccccc5)c4)cc(C(C)(C)C)cc3c2c1. The summed E-state index contributed by atoms with van der Waals surface area (Å²) < 4.78 is 2.31. The van der Waals surface area contributed by atoms with Gasteiger partial charge in [0, 0.05) is 38.5 Å². The highest BCUT2D eigenvalue weighted by Crippen LogP contribution is 2.43. The predicted octanol–water partition coefficient (Wildman–Crippen LogP) is 14.2. The number of nitrogens with one attached hydrogen (secondary N) is 1. The van der Waals surface area contributed by atoms with Crippen LogP contribution in [0, 0.1) is 0 Å². The average molecular weight is 767 g/mol. The monoisotopic (exact) mass is 766 g/mol. The molecule has 10 aromatic rings. The van der Waals surface area contributed by atoms with Crippen molar-refractivity contribution in [2.24, 2.45) is 0 Å². The fourth-order valence-corrected chi connectivity index (χ4v) is 8.51. The second kappa shape index (κ2) is 13.6. The summed E-state index contributed by atoms with van der Waals surface area (Å²) in [6, 6.07) is 55.2. The van der Waals surface area contributed by atoms with Crippen LogP contribution in [0.1, 0.15) is 52.7 Å². The first-order valence-corrected chi connectivity index (χ1v) is 20.4. The zero-order valence-electron chi connectivity index (χ0n) is 34.3. The molecular weight excluding hydrogens is 721 g/mol. The van der Waals surface area contributed by atoms with E-state index in [0.717, 1.165) is 78.0 Å².